The third-order valence-electron chi connectivity index (χ3n) is 6.86. The Morgan fingerprint density at radius 3 is 2.44 bits per heavy atom. The number of hydrogen-bond donors (Lipinski definition) is 1. The van der Waals surface area contributed by atoms with Crippen LogP contribution >= 0.6 is 11.8 Å². The second-order valence-corrected chi connectivity index (χ2v) is 12.0. The number of pyridine rings is 1. The van der Waals surface area contributed by atoms with Crippen molar-refractivity contribution in [1.29, 1.82) is 0 Å². The highest BCUT2D eigenvalue weighted by Crippen LogP contribution is 2.48. The molecule has 1 amide bonds. The lowest BCUT2D eigenvalue weighted by atomic mass is 9.95. The van der Waals surface area contributed by atoms with Crippen LogP contribution in [0.25, 0.3) is 10.8 Å². The number of thioether (sulfide) groups is 1. The normalized spacial score (nSPS) is 17.2. The molecule has 0 spiro atoms. The molecular weight excluding hydrogens is 492 g/mol. The first-order chi connectivity index (χ1) is 17.4. The summed E-state index contributed by atoms with van der Waals surface area (Å²) in [6.07, 6.45) is 2.73. The molecule has 0 unspecified atom stereocenters. The average Bonchev–Trinajstić information content (AvgIpc) is 3.61. The van der Waals surface area contributed by atoms with Crippen LogP contribution in [0, 0.1) is 0 Å². The lowest BCUT2D eigenvalue weighted by Gasteiger charge is -2.18. The van der Waals surface area contributed by atoms with Gasteiger partial charge in [-0.1, -0.05) is 60.7 Å². The smallest absolute Gasteiger partial charge is 0.264 e. The maximum Gasteiger partial charge on any atom is 0.264 e. The van der Waals surface area contributed by atoms with Gasteiger partial charge in [0.25, 0.3) is 21.5 Å². The van der Waals surface area contributed by atoms with Crippen molar-refractivity contribution < 1.29 is 13.2 Å². The van der Waals surface area contributed by atoms with Crippen LogP contribution in [-0.4, -0.2) is 24.6 Å². The first-order valence-corrected chi connectivity index (χ1v) is 14.4. The summed E-state index contributed by atoms with van der Waals surface area (Å²) < 4.78 is 29.1. The Balaban J connectivity index is 1.36. The van der Waals surface area contributed by atoms with Gasteiger partial charge in [0.15, 0.2) is 0 Å². The summed E-state index contributed by atoms with van der Waals surface area (Å²) in [6, 6.07) is 23.0. The number of nitrogens with zero attached hydrogens (tertiary/aromatic N) is 1. The topological polar surface area (TPSA) is 85.2 Å². The summed E-state index contributed by atoms with van der Waals surface area (Å²) in [4.78, 5) is 26.5. The Hall–Kier alpha value is -3.36. The Labute approximate surface area is 213 Å². The summed E-state index contributed by atoms with van der Waals surface area (Å²) >= 11 is 1.47. The van der Waals surface area contributed by atoms with E-state index in [2.05, 4.69) is 29.0 Å². The van der Waals surface area contributed by atoms with E-state index in [-0.39, 0.29) is 10.5 Å². The van der Waals surface area contributed by atoms with Crippen LogP contribution in [0.5, 0.6) is 0 Å². The number of carbonyl (C=O) groups is 1. The van der Waals surface area contributed by atoms with Crippen LogP contribution in [0.3, 0.4) is 0 Å². The maximum atomic E-state index is 13.4. The number of amides is 1. The number of nitrogens with one attached hydrogen (secondary N) is 1. The second-order valence-electron chi connectivity index (χ2n) is 9.30. The van der Waals surface area contributed by atoms with Gasteiger partial charge in [-0.15, -0.1) is 11.8 Å². The fraction of sp³-hybridized carbons (Fsp3) is 0.214. The lowest BCUT2D eigenvalue weighted by Crippen LogP contribution is -2.39. The van der Waals surface area contributed by atoms with Crippen molar-refractivity contribution in [3.8, 4) is 0 Å². The minimum absolute atomic E-state index is 0.0145. The van der Waals surface area contributed by atoms with E-state index in [1.165, 1.54) is 33.8 Å². The zero-order valence-electron chi connectivity index (χ0n) is 19.4. The minimum Gasteiger partial charge on any atom is -0.289 e. The molecule has 6 nitrogen and oxygen atoms in total. The average molecular weight is 517 g/mol. The van der Waals surface area contributed by atoms with Gasteiger partial charge >= 0.3 is 0 Å². The van der Waals surface area contributed by atoms with E-state index >= 15 is 0 Å². The third-order valence-corrected chi connectivity index (χ3v) is 9.39. The molecule has 1 fully saturated rings. The van der Waals surface area contributed by atoms with Crippen LogP contribution in [0.4, 0.5) is 0 Å². The summed E-state index contributed by atoms with van der Waals surface area (Å²) in [6.45, 7) is 0. The molecule has 4 aromatic rings. The largest absolute Gasteiger partial charge is 0.289 e. The molecule has 0 bridgehead atoms. The number of fused-ring (bicyclic) bond motifs is 2. The molecule has 2 aliphatic rings. The van der Waals surface area contributed by atoms with E-state index in [1.54, 1.807) is 24.3 Å². The van der Waals surface area contributed by atoms with E-state index in [4.69, 9.17) is 0 Å². The SMILES string of the molecule is O=C(NS(=O)(=O)c1ccccc1)[C@@H]1CSc2c(C3CC3)c(Cc3cccc4ccccc34)cc(=O)n21. The van der Waals surface area contributed by atoms with Gasteiger partial charge in [-0.2, -0.15) is 0 Å². The predicted octanol–water partition coefficient (Wildman–Crippen LogP) is 4.62. The van der Waals surface area contributed by atoms with Crippen molar-refractivity contribution in [3.63, 3.8) is 0 Å². The van der Waals surface area contributed by atoms with Crippen LogP contribution < -0.4 is 10.3 Å². The monoisotopic (exact) mass is 516 g/mol. The van der Waals surface area contributed by atoms with Crippen LogP contribution in [0.2, 0.25) is 0 Å². The zero-order chi connectivity index (χ0) is 24.9. The summed E-state index contributed by atoms with van der Waals surface area (Å²) in [5.41, 5.74) is 3.02. The summed E-state index contributed by atoms with van der Waals surface area (Å²) in [5.74, 6) is -0.00188. The number of hydrogen-bond acceptors (Lipinski definition) is 5. The second kappa shape index (κ2) is 8.94. The number of benzene rings is 3. The van der Waals surface area contributed by atoms with E-state index < -0.39 is 22.0 Å². The molecule has 1 saturated carbocycles. The molecule has 36 heavy (non-hydrogen) atoms. The fourth-order valence-electron chi connectivity index (χ4n) is 5.00. The molecule has 1 atom stereocenters. The molecule has 6 rings (SSSR count). The molecule has 2 heterocycles. The molecule has 8 heteroatoms. The quantitative estimate of drug-likeness (QED) is 0.404. The molecule has 0 saturated heterocycles. The summed E-state index contributed by atoms with van der Waals surface area (Å²) in [5, 5.41) is 3.13. The van der Waals surface area contributed by atoms with Gasteiger partial charge in [0, 0.05) is 11.8 Å². The van der Waals surface area contributed by atoms with Gasteiger partial charge in [0.1, 0.15) is 6.04 Å². The summed E-state index contributed by atoms with van der Waals surface area (Å²) in [7, 11) is -4.02. The predicted molar refractivity (Wildman–Crippen MR) is 141 cm³/mol. The van der Waals surface area contributed by atoms with Gasteiger partial charge in [0.05, 0.1) is 9.92 Å². The van der Waals surface area contributed by atoms with E-state index in [0.29, 0.717) is 18.1 Å². The highest BCUT2D eigenvalue weighted by atomic mass is 32.2. The van der Waals surface area contributed by atoms with Crippen molar-refractivity contribution in [2.75, 3.05) is 5.75 Å². The molecule has 1 aromatic heterocycles. The van der Waals surface area contributed by atoms with Gasteiger partial charge in [-0.3, -0.25) is 14.2 Å². The zero-order valence-corrected chi connectivity index (χ0v) is 21.0. The first-order valence-electron chi connectivity index (χ1n) is 11.9. The van der Waals surface area contributed by atoms with Crippen LogP contribution in [-0.2, 0) is 21.2 Å². The van der Waals surface area contributed by atoms with Gasteiger partial charge < -0.3 is 0 Å². The molecular formula is C28H24N2O4S2. The van der Waals surface area contributed by atoms with Crippen molar-refractivity contribution in [2.45, 2.75) is 41.1 Å². The number of aromatic nitrogens is 1. The van der Waals surface area contributed by atoms with Crippen LogP contribution in [0.15, 0.2) is 93.6 Å². The highest BCUT2D eigenvalue weighted by molar-refractivity contribution is 7.99. The number of carbonyl (C=O) groups excluding carboxylic acids is 1. The Morgan fingerprint density at radius 1 is 0.944 bits per heavy atom. The number of rotatable bonds is 6. The highest BCUT2D eigenvalue weighted by Gasteiger charge is 2.38. The minimum atomic E-state index is -4.02. The fourth-order valence-corrected chi connectivity index (χ4v) is 7.46. The van der Waals surface area contributed by atoms with Gasteiger partial charge in [-0.05, 0) is 64.8 Å². The standard InChI is InChI=1S/C28H24N2O4S2/c31-25-16-21(15-20-9-6-8-18-7-4-5-12-23(18)20)26(19-13-14-19)28-30(25)24(17-35-28)27(32)29-36(33,34)22-10-2-1-3-11-22/h1-12,16,19,24H,13-15,17H2,(H,29,32)/t24-/m0/s1. The molecule has 3 aromatic carbocycles. The number of sulfonamides is 1. The lowest BCUT2D eigenvalue weighted by molar-refractivity contribution is -0.122. The van der Waals surface area contributed by atoms with Crippen LogP contribution in [0.1, 0.15) is 41.5 Å². The molecule has 0 radical (unpaired) electrons. The van der Waals surface area contributed by atoms with Crippen molar-refractivity contribution in [1.82, 2.24) is 9.29 Å². The van der Waals surface area contributed by atoms with Gasteiger partial charge in [-0.25, -0.2) is 13.1 Å². The van der Waals surface area contributed by atoms with Crippen molar-refractivity contribution in [3.05, 3.63) is 106 Å². The van der Waals surface area contributed by atoms with E-state index in [9.17, 15) is 18.0 Å². The van der Waals surface area contributed by atoms with Gasteiger partial charge in [0.2, 0.25) is 0 Å². The third kappa shape index (κ3) is 4.14. The molecule has 1 aliphatic heterocycles. The molecule has 1 aliphatic carbocycles. The Kier molecular flexibility index (Phi) is 5.73. The first kappa shape index (κ1) is 23.1. The maximum absolute atomic E-state index is 13.4. The molecule has 182 valence electrons. The van der Waals surface area contributed by atoms with E-state index in [1.807, 2.05) is 18.2 Å². The molecule has 1 N–H and O–H groups in total. The Morgan fingerprint density at radius 2 is 1.67 bits per heavy atom. The van der Waals surface area contributed by atoms with Crippen molar-refractivity contribution >= 4 is 38.5 Å². The van der Waals surface area contributed by atoms with Crippen molar-refractivity contribution in [2.24, 2.45) is 0 Å². The Bertz CT molecular complexity index is 1650. The van der Waals surface area contributed by atoms with E-state index in [0.717, 1.165) is 39.9 Å².